The van der Waals surface area contributed by atoms with Gasteiger partial charge in [0, 0.05) is 9.79 Å². The van der Waals surface area contributed by atoms with Crippen molar-refractivity contribution in [2.24, 2.45) is 0 Å². The highest BCUT2D eigenvalue weighted by Gasteiger charge is 2.28. The van der Waals surface area contributed by atoms with E-state index in [2.05, 4.69) is 0 Å². The van der Waals surface area contributed by atoms with Crippen molar-refractivity contribution in [1.29, 1.82) is 0 Å². The molecule has 0 saturated carbocycles. The standard InChI is InChI=1S/C24H21NO3S/c1-16-11-12-18(13-17(16)2)14-24(27)28-15-23(26)25-19-7-3-5-9-21(19)29-22-10-6-4-8-20(22)25/h3-13H,14-15H2,1-2H3. The Balaban J connectivity index is 1.48. The molecule has 1 aliphatic heterocycles. The van der Waals surface area contributed by atoms with Crippen molar-refractivity contribution in [2.45, 2.75) is 30.1 Å². The summed E-state index contributed by atoms with van der Waals surface area (Å²) in [5, 5.41) is 0. The molecule has 0 aliphatic carbocycles. The predicted octanol–water partition coefficient (Wildman–Crippen LogP) is 5.22. The van der Waals surface area contributed by atoms with Crippen LogP contribution >= 0.6 is 11.8 Å². The fourth-order valence-electron chi connectivity index (χ4n) is 3.31. The number of aryl methyl sites for hydroxylation is 2. The van der Waals surface area contributed by atoms with Gasteiger partial charge in [0.05, 0.1) is 17.8 Å². The second-order valence-electron chi connectivity index (χ2n) is 7.02. The van der Waals surface area contributed by atoms with E-state index in [9.17, 15) is 9.59 Å². The van der Waals surface area contributed by atoms with Crippen molar-refractivity contribution in [3.05, 3.63) is 83.4 Å². The maximum Gasteiger partial charge on any atom is 0.310 e. The monoisotopic (exact) mass is 403 g/mol. The molecular formula is C24H21NO3S. The number of amides is 1. The zero-order valence-electron chi connectivity index (χ0n) is 16.3. The molecule has 3 aromatic rings. The fourth-order valence-corrected chi connectivity index (χ4v) is 4.37. The molecule has 0 fully saturated rings. The van der Waals surface area contributed by atoms with Crippen LogP contribution in [0.4, 0.5) is 11.4 Å². The fraction of sp³-hybridized carbons (Fsp3) is 0.167. The first-order valence-corrected chi connectivity index (χ1v) is 10.3. The average Bonchev–Trinajstić information content (AvgIpc) is 2.73. The summed E-state index contributed by atoms with van der Waals surface area (Å²) in [6, 6.07) is 21.4. The van der Waals surface area contributed by atoms with E-state index in [0.717, 1.165) is 32.3 Å². The van der Waals surface area contributed by atoms with Crippen LogP contribution < -0.4 is 4.90 Å². The molecule has 0 radical (unpaired) electrons. The van der Waals surface area contributed by atoms with Crippen molar-refractivity contribution < 1.29 is 14.3 Å². The first-order valence-electron chi connectivity index (χ1n) is 9.43. The molecule has 4 nitrogen and oxygen atoms in total. The summed E-state index contributed by atoms with van der Waals surface area (Å²) in [6.45, 7) is 3.75. The van der Waals surface area contributed by atoms with Gasteiger partial charge in [0.15, 0.2) is 6.61 Å². The van der Waals surface area contributed by atoms with Crippen LogP contribution in [0.5, 0.6) is 0 Å². The van der Waals surface area contributed by atoms with Gasteiger partial charge < -0.3 is 4.74 Å². The first-order chi connectivity index (χ1) is 14.0. The van der Waals surface area contributed by atoms with Crippen molar-refractivity contribution >= 4 is 35.0 Å². The number of nitrogens with zero attached hydrogens (tertiary/aromatic N) is 1. The average molecular weight is 404 g/mol. The van der Waals surface area contributed by atoms with Gasteiger partial charge in [-0.25, -0.2) is 0 Å². The lowest BCUT2D eigenvalue weighted by Gasteiger charge is -2.30. The summed E-state index contributed by atoms with van der Waals surface area (Å²) in [5.74, 6) is -0.673. The van der Waals surface area contributed by atoms with Crippen molar-refractivity contribution in [2.75, 3.05) is 11.5 Å². The van der Waals surface area contributed by atoms with Crippen molar-refractivity contribution in [3.63, 3.8) is 0 Å². The number of anilines is 2. The van der Waals surface area contributed by atoms with Crippen LogP contribution in [0.2, 0.25) is 0 Å². The number of ether oxygens (including phenoxy) is 1. The minimum absolute atomic E-state index is 0.150. The van der Waals surface area contributed by atoms with Gasteiger partial charge in [-0.1, -0.05) is 54.2 Å². The van der Waals surface area contributed by atoms with Gasteiger partial charge in [0.2, 0.25) is 0 Å². The molecule has 3 aromatic carbocycles. The molecule has 29 heavy (non-hydrogen) atoms. The Kier molecular flexibility index (Phi) is 5.41. The van der Waals surface area contributed by atoms with Crippen LogP contribution in [0.25, 0.3) is 0 Å². The third-order valence-electron chi connectivity index (χ3n) is 4.96. The number of fused-ring (bicyclic) bond motifs is 2. The molecule has 0 saturated heterocycles. The molecule has 0 aromatic heterocycles. The lowest BCUT2D eigenvalue weighted by molar-refractivity contribution is -0.147. The summed E-state index contributed by atoms with van der Waals surface area (Å²) in [5.41, 5.74) is 4.82. The number of rotatable bonds is 4. The molecular weight excluding hydrogens is 382 g/mol. The summed E-state index contributed by atoms with van der Waals surface area (Å²) in [6.07, 6.45) is 0.150. The van der Waals surface area contributed by atoms with Crippen LogP contribution in [-0.2, 0) is 20.7 Å². The van der Waals surface area contributed by atoms with E-state index >= 15 is 0 Å². The second-order valence-corrected chi connectivity index (χ2v) is 8.11. The van der Waals surface area contributed by atoms with Gasteiger partial charge in [-0.2, -0.15) is 0 Å². The zero-order chi connectivity index (χ0) is 20.4. The number of hydrogen-bond acceptors (Lipinski definition) is 4. The lowest BCUT2D eigenvalue weighted by atomic mass is 10.0. The highest BCUT2D eigenvalue weighted by atomic mass is 32.2. The number of benzene rings is 3. The van der Waals surface area contributed by atoms with Gasteiger partial charge in [0.25, 0.3) is 5.91 Å². The lowest BCUT2D eigenvalue weighted by Crippen LogP contribution is -2.32. The number of carbonyl (C=O) groups is 2. The molecule has 1 aliphatic rings. The molecule has 4 rings (SSSR count). The van der Waals surface area contributed by atoms with E-state index < -0.39 is 5.97 Å². The van der Waals surface area contributed by atoms with Crippen LogP contribution in [-0.4, -0.2) is 18.5 Å². The summed E-state index contributed by atoms with van der Waals surface area (Å²) in [7, 11) is 0. The Hall–Kier alpha value is -3.05. The molecule has 0 unspecified atom stereocenters. The number of hydrogen-bond donors (Lipinski definition) is 0. The topological polar surface area (TPSA) is 46.6 Å². The molecule has 0 atom stereocenters. The number of carbonyl (C=O) groups excluding carboxylic acids is 2. The Bertz CT molecular complexity index is 1050. The molecule has 0 spiro atoms. The van der Waals surface area contributed by atoms with E-state index in [4.69, 9.17) is 4.74 Å². The Morgan fingerprint density at radius 2 is 1.48 bits per heavy atom. The summed E-state index contributed by atoms with van der Waals surface area (Å²) in [4.78, 5) is 29.0. The van der Waals surface area contributed by atoms with Crippen LogP contribution in [0.1, 0.15) is 16.7 Å². The van der Waals surface area contributed by atoms with Gasteiger partial charge >= 0.3 is 5.97 Å². The molecule has 146 valence electrons. The molecule has 1 amide bonds. The highest BCUT2D eigenvalue weighted by molar-refractivity contribution is 7.99. The van der Waals surface area contributed by atoms with E-state index in [1.807, 2.05) is 80.6 Å². The van der Waals surface area contributed by atoms with Crippen molar-refractivity contribution in [3.8, 4) is 0 Å². The van der Waals surface area contributed by atoms with Gasteiger partial charge in [-0.05, 0) is 54.8 Å². The van der Waals surface area contributed by atoms with Crippen molar-refractivity contribution in [1.82, 2.24) is 0 Å². The Morgan fingerprint density at radius 1 is 0.862 bits per heavy atom. The molecule has 0 bridgehead atoms. The van der Waals surface area contributed by atoms with Gasteiger partial charge in [-0.15, -0.1) is 0 Å². The molecule has 1 heterocycles. The largest absolute Gasteiger partial charge is 0.455 e. The summed E-state index contributed by atoms with van der Waals surface area (Å²) >= 11 is 1.63. The maximum absolute atomic E-state index is 13.0. The number of esters is 1. The molecule has 0 N–H and O–H groups in total. The first kappa shape index (κ1) is 19.3. The minimum Gasteiger partial charge on any atom is -0.455 e. The normalized spacial score (nSPS) is 12.1. The zero-order valence-corrected chi connectivity index (χ0v) is 17.2. The number of para-hydroxylation sites is 2. The Morgan fingerprint density at radius 3 is 2.10 bits per heavy atom. The summed E-state index contributed by atoms with van der Waals surface area (Å²) < 4.78 is 5.32. The quantitative estimate of drug-likeness (QED) is 0.561. The second kappa shape index (κ2) is 8.13. The van der Waals surface area contributed by atoms with E-state index in [0.29, 0.717) is 0 Å². The third kappa shape index (κ3) is 4.05. The van der Waals surface area contributed by atoms with Crippen LogP contribution in [0.3, 0.4) is 0 Å². The van der Waals surface area contributed by atoms with E-state index in [1.54, 1.807) is 16.7 Å². The SMILES string of the molecule is Cc1ccc(CC(=O)OCC(=O)N2c3ccccc3Sc3ccccc32)cc1C. The predicted molar refractivity (Wildman–Crippen MR) is 115 cm³/mol. The van der Waals surface area contributed by atoms with Crippen LogP contribution in [0.15, 0.2) is 76.5 Å². The molecule has 5 heteroatoms. The maximum atomic E-state index is 13.0. The third-order valence-corrected chi connectivity index (χ3v) is 6.09. The van der Waals surface area contributed by atoms with Gasteiger partial charge in [0.1, 0.15) is 0 Å². The Labute approximate surface area is 174 Å². The van der Waals surface area contributed by atoms with Crippen LogP contribution in [0, 0.1) is 13.8 Å². The van der Waals surface area contributed by atoms with E-state index in [1.165, 1.54) is 5.56 Å². The highest BCUT2D eigenvalue weighted by Crippen LogP contribution is 2.47. The smallest absolute Gasteiger partial charge is 0.310 e. The minimum atomic E-state index is -0.408. The van der Waals surface area contributed by atoms with E-state index in [-0.39, 0.29) is 18.9 Å². The van der Waals surface area contributed by atoms with Gasteiger partial charge in [-0.3, -0.25) is 14.5 Å².